The molecule has 0 aliphatic carbocycles. The molecule has 3 N–H and O–H groups in total. The second kappa shape index (κ2) is 11.6. The lowest BCUT2D eigenvalue weighted by Crippen LogP contribution is -2.30. The minimum absolute atomic E-state index is 0.122. The molecule has 1 aliphatic heterocycles. The van der Waals surface area contributed by atoms with Gasteiger partial charge < -0.3 is 23.7 Å². The van der Waals surface area contributed by atoms with Crippen LogP contribution >= 0.6 is 0 Å². The minimum atomic E-state index is -0.676. The van der Waals surface area contributed by atoms with Crippen molar-refractivity contribution < 1.29 is 28.5 Å². The highest BCUT2D eigenvalue weighted by molar-refractivity contribution is 5.66. The number of hydrogen-bond donors (Lipinski definition) is 2. The predicted molar refractivity (Wildman–Crippen MR) is 90.2 cm³/mol. The first-order chi connectivity index (χ1) is 12.3. The van der Waals surface area contributed by atoms with Gasteiger partial charge in [-0.05, 0) is 30.0 Å². The Hall–Kier alpha value is -1.87. The van der Waals surface area contributed by atoms with Crippen molar-refractivity contribution >= 4 is 6.09 Å². The number of carbonyl (C=O) groups is 1. The average Bonchev–Trinajstić information content (AvgIpc) is 2.64. The van der Waals surface area contributed by atoms with Gasteiger partial charge in [0.25, 0.3) is 0 Å². The summed E-state index contributed by atoms with van der Waals surface area (Å²) < 4.78 is 27.2. The van der Waals surface area contributed by atoms with Crippen molar-refractivity contribution in [1.29, 1.82) is 0 Å². The molecular formula is C17H26N2O6. The van der Waals surface area contributed by atoms with Crippen molar-refractivity contribution in [2.75, 3.05) is 46.2 Å². The Morgan fingerprint density at radius 3 is 2.44 bits per heavy atom. The maximum Gasteiger partial charge on any atom is 0.421 e. The van der Waals surface area contributed by atoms with Crippen LogP contribution in [0.2, 0.25) is 0 Å². The van der Waals surface area contributed by atoms with E-state index in [4.69, 9.17) is 29.5 Å². The smallest absolute Gasteiger partial charge is 0.421 e. The minimum Gasteiger partial charge on any atom is -0.491 e. The van der Waals surface area contributed by atoms with E-state index in [2.05, 4.69) is 0 Å². The fraction of sp³-hybridized carbons (Fsp3) is 0.588. The van der Waals surface area contributed by atoms with Gasteiger partial charge in [-0.2, -0.15) is 0 Å². The number of amides is 1. The highest BCUT2D eigenvalue weighted by atomic mass is 16.6. The molecule has 0 spiro atoms. The summed E-state index contributed by atoms with van der Waals surface area (Å²) in [6.45, 7) is 3.95. The Balaban J connectivity index is 1.97. The van der Waals surface area contributed by atoms with Crippen LogP contribution in [0.3, 0.4) is 0 Å². The van der Waals surface area contributed by atoms with Crippen molar-refractivity contribution in [3.63, 3.8) is 0 Å². The average molecular weight is 354 g/mol. The maximum atomic E-state index is 11.1. The highest BCUT2D eigenvalue weighted by Gasteiger charge is 2.08. The zero-order valence-electron chi connectivity index (χ0n) is 14.3. The Morgan fingerprint density at radius 2 is 1.72 bits per heavy atom. The number of benzene rings is 1. The SMILES string of the molecule is NNC(=O)OCc1ccc2c(c1)OCCOCCOCCOCCC2. The number of fused-ring (bicyclic) bond motifs is 1. The third kappa shape index (κ3) is 7.70. The van der Waals surface area contributed by atoms with Crippen LogP contribution in [-0.4, -0.2) is 52.3 Å². The summed E-state index contributed by atoms with van der Waals surface area (Å²) in [7, 11) is 0. The Kier molecular flexibility index (Phi) is 9.06. The van der Waals surface area contributed by atoms with Crippen LogP contribution in [0.15, 0.2) is 18.2 Å². The molecular weight excluding hydrogens is 328 g/mol. The first-order valence-electron chi connectivity index (χ1n) is 8.41. The van der Waals surface area contributed by atoms with E-state index < -0.39 is 6.09 Å². The molecule has 0 aromatic heterocycles. The van der Waals surface area contributed by atoms with Gasteiger partial charge >= 0.3 is 6.09 Å². The van der Waals surface area contributed by atoms with Gasteiger partial charge in [-0.3, -0.25) is 5.43 Å². The molecule has 1 aromatic carbocycles. The van der Waals surface area contributed by atoms with E-state index in [9.17, 15) is 4.79 Å². The van der Waals surface area contributed by atoms with Crippen molar-refractivity contribution in [3.8, 4) is 5.75 Å². The molecule has 1 aromatic rings. The number of ether oxygens (including phenoxy) is 5. The molecule has 0 fully saturated rings. The van der Waals surface area contributed by atoms with Gasteiger partial charge in [0, 0.05) is 6.61 Å². The van der Waals surface area contributed by atoms with E-state index in [1.54, 1.807) is 0 Å². The molecule has 8 heteroatoms. The van der Waals surface area contributed by atoms with Crippen molar-refractivity contribution in [1.82, 2.24) is 5.43 Å². The van der Waals surface area contributed by atoms with E-state index in [0.29, 0.717) is 46.2 Å². The number of nitrogens with two attached hydrogens (primary N) is 1. The standard InChI is InChI=1S/C17H26N2O6/c18-19-17(20)25-13-14-3-4-15-2-1-5-21-6-7-22-8-9-23-10-11-24-16(15)12-14/h3-4,12H,1-2,5-11,13,18H2,(H,19,20). The number of aryl methyl sites for hydroxylation is 1. The first kappa shape index (κ1) is 19.5. The number of hydrazine groups is 1. The molecule has 0 bridgehead atoms. The van der Waals surface area contributed by atoms with Gasteiger partial charge in [0.1, 0.15) is 19.0 Å². The largest absolute Gasteiger partial charge is 0.491 e. The Morgan fingerprint density at radius 1 is 1.04 bits per heavy atom. The van der Waals surface area contributed by atoms with Crippen LogP contribution in [0, 0.1) is 0 Å². The Labute approximate surface area is 147 Å². The maximum absolute atomic E-state index is 11.1. The molecule has 1 amide bonds. The zero-order chi connectivity index (χ0) is 17.7. The van der Waals surface area contributed by atoms with Gasteiger partial charge in [0.2, 0.25) is 0 Å². The van der Waals surface area contributed by atoms with E-state index in [1.165, 1.54) is 0 Å². The molecule has 1 aliphatic rings. The normalized spacial score (nSPS) is 17.3. The van der Waals surface area contributed by atoms with E-state index in [1.807, 2.05) is 23.6 Å². The summed E-state index contributed by atoms with van der Waals surface area (Å²) in [5.74, 6) is 5.76. The fourth-order valence-electron chi connectivity index (χ4n) is 2.34. The highest BCUT2D eigenvalue weighted by Crippen LogP contribution is 2.23. The lowest BCUT2D eigenvalue weighted by atomic mass is 10.1. The molecule has 2 rings (SSSR count). The number of rotatable bonds is 2. The Bertz CT molecular complexity index is 526. The van der Waals surface area contributed by atoms with E-state index in [-0.39, 0.29) is 6.61 Å². The van der Waals surface area contributed by atoms with Crippen LogP contribution in [0.1, 0.15) is 17.5 Å². The van der Waals surface area contributed by atoms with Crippen molar-refractivity contribution in [3.05, 3.63) is 29.3 Å². The lowest BCUT2D eigenvalue weighted by molar-refractivity contribution is 0.00977. The van der Waals surface area contributed by atoms with Gasteiger partial charge in [0.15, 0.2) is 0 Å². The summed E-state index contributed by atoms with van der Waals surface area (Å²) in [5.41, 5.74) is 3.84. The third-order valence-corrected chi connectivity index (χ3v) is 3.58. The topological polar surface area (TPSA) is 101 Å². The molecule has 0 saturated carbocycles. The molecule has 0 atom stereocenters. The molecule has 8 nitrogen and oxygen atoms in total. The summed E-state index contributed by atoms with van der Waals surface area (Å²) in [6.07, 6.45) is 1.05. The van der Waals surface area contributed by atoms with Crippen LogP contribution in [0.25, 0.3) is 0 Å². The van der Waals surface area contributed by atoms with Crippen molar-refractivity contribution in [2.24, 2.45) is 5.84 Å². The molecule has 0 unspecified atom stereocenters. The molecule has 1 heterocycles. The van der Waals surface area contributed by atoms with Crippen molar-refractivity contribution in [2.45, 2.75) is 19.4 Å². The van der Waals surface area contributed by atoms with Gasteiger partial charge in [-0.1, -0.05) is 12.1 Å². The molecule has 0 radical (unpaired) electrons. The number of hydrogen-bond acceptors (Lipinski definition) is 7. The lowest BCUT2D eigenvalue weighted by Gasteiger charge is -2.14. The monoisotopic (exact) mass is 354 g/mol. The molecule has 0 saturated heterocycles. The predicted octanol–water partition coefficient (Wildman–Crippen LogP) is 1.16. The second-order valence-electron chi connectivity index (χ2n) is 5.45. The van der Waals surface area contributed by atoms with Crippen LogP contribution in [0.5, 0.6) is 5.75 Å². The number of nitrogens with one attached hydrogen (secondary N) is 1. The second-order valence-corrected chi connectivity index (χ2v) is 5.45. The van der Waals surface area contributed by atoms with Gasteiger partial charge in [-0.15, -0.1) is 0 Å². The van der Waals surface area contributed by atoms with Crippen LogP contribution < -0.4 is 16.0 Å². The van der Waals surface area contributed by atoms with E-state index in [0.717, 1.165) is 29.7 Å². The quantitative estimate of drug-likeness (QED) is 0.467. The first-order valence-corrected chi connectivity index (χ1v) is 8.41. The summed E-state index contributed by atoms with van der Waals surface area (Å²) in [6, 6.07) is 5.77. The van der Waals surface area contributed by atoms with Gasteiger partial charge in [0.05, 0.1) is 33.0 Å². The third-order valence-electron chi connectivity index (χ3n) is 3.58. The summed E-state index contributed by atoms with van der Waals surface area (Å²) in [4.78, 5) is 11.1. The fourth-order valence-corrected chi connectivity index (χ4v) is 2.34. The molecule has 25 heavy (non-hydrogen) atoms. The van der Waals surface area contributed by atoms with Crippen LogP contribution in [-0.2, 0) is 32.0 Å². The van der Waals surface area contributed by atoms with Crippen LogP contribution in [0.4, 0.5) is 4.79 Å². The van der Waals surface area contributed by atoms with E-state index >= 15 is 0 Å². The zero-order valence-corrected chi connectivity index (χ0v) is 14.3. The summed E-state index contributed by atoms with van der Waals surface area (Å²) >= 11 is 0. The molecule has 140 valence electrons. The summed E-state index contributed by atoms with van der Waals surface area (Å²) in [5, 5.41) is 0. The van der Waals surface area contributed by atoms with Gasteiger partial charge in [-0.25, -0.2) is 10.6 Å². The number of carbonyl (C=O) groups excluding carboxylic acids is 1.